The quantitative estimate of drug-likeness (QED) is 0.550. The lowest BCUT2D eigenvalue weighted by molar-refractivity contribution is 0.195. The third-order valence-corrected chi connectivity index (χ3v) is 4.83. The number of nitrogens with zero attached hydrogens (tertiary/aromatic N) is 8. The number of likely N-dealkylation sites (N-methyl/N-ethyl adjacent to an activating group) is 1. The Bertz CT molecular complexity index is 1080. The van der Waals surface area contributed by atoms with Crippen LogP contribution in [0.3, 0.4) is 0 Å². The van der Waals surface area contributed by atoms with Crippen LogP contribution in [0, 0.1) is 5.82 Å². The number of fused-ring (bicyclic) bond motifs is 2. The molecule has 1 fully saturated rings. The Morgan fingerprint density at radius 1 is 1.15 bits per heavy atom. The van der Waals surface area contributed by atoms with Crippen LogP contribution >= 0.6 is 0 Å². The van der Waals surface area contributed by atoms with Gasteiger partial charge in [0.2, 0.25) is 0 Å². The molecule has 5 rings (SSSR count). The Kier molecular flexibility index (Phi) is 3.35. The van der Waals surface area contributed by atoms with Crippen molar-refractivity contribution in [1.29, 1.82) is 0 Å². The lowest BCUT2D eigenvalue weighted by Gasteiger charge is -2.44. The standard InChI is InChI=1S/C17H17FN8/c1-23(7-13-8-24-6-12(18)2-3-15(24)20-13)14-9-25(10-14)17-5-4-16-21-19-11-26(16)22-17/h2-6,8,11,14H,7,9-10H2,1H3. The van der Waals surface area contributed by atoms with Crippen LogP contribution in [0.15, 0.2) is 43.0 Å². The van der Waals surface area contributed by atoms with Crippen LogP contribution in [0.25, 0.3) is 11.3 Å². The van der Waals surface area contributed by atoms with E-state index < -0.39 is 0 Å². The molecule has 9 heteroatoms. The van der Waals surface area contributed by atoms with E-state index in [9.17, 15) is 4.39 Å². The topological polar surface area (TPSA) is 66.9 Å². The lowest BCUT2D eigenvalue weighted by Crippen LogP contribution is -2.58. The van der Waals surface area contributed by atoms with E-state index >= 15 is 0 Å². The maximum absolute atomic E-state index is 13.3. The number of hydrogen-bond acceptors (Lipinski definition) is 6. The van der Waals surface area contributed by atoms with Gasteiger partial charge in [-0.2, -0.15) is 4.52 Å². The van der Waals surface area contributed by atoms with Crippen molar-refractivity contribution < 1.29 is 4.39 Å². The highest BCUT2D eigenvalue weighted by Gasteiger charge is 2.31. The van der Waals surface area contributed by atoms with Crippen molar-refractivity contribution in [2.24, 2.45) is 0 Å². The maximum Gasteiger partial charge on any atom is 0.177 e. The van der Waals surface area contributed by atoms with Gasteiger partial charge in [-0.3, -0.25) is 4.90 Å². The molecule has 0 aliphatic carbocycles. The molecular formula is C17H17FN8. The number of hydrogen-bond donors (Lipinski definition) is 0. The van der Waals surface area contributed by atoms with Gasteiger partial charge in [-0.15, -0.1) is 15.3 Å². The first-order chi connectivity index (χ1) is 12.7. The maximum atomic E-state index is 13.3. The van der Waals surface area contributed by atoms with Crippen molar-refractivity contribution in [3.63, 3.8) is 0 Å². The second-order valence-electron chi connectivity index (χ2n) is 6.64. The number of aromatic nitrogens is 6. The van der Waals surface area contributed by atoms with Crippen LogP contribution in [-0.4, -0.2) is 60.3 Å². The van der Waals surface area contributed by atoms with Gasteiger partial charge in [0.25, 0.3) is 0 Å². The highest BCUT2D eigenvalue weighted by molar-refractivity contribution is 5.47. The molecule has 132 valence electrons. The summed E-state index contributed by atoms with van der Waals surface area (Å²) < 4.78 is 16.7. The van der Waals surface area contributed by atoms with Crippen LogP contribution in [0.2, 0.25) is 0 Å². The summed E-state index contributed by atoms with van der Waals surface area (Å²) in [6.07, 6.45) is 4.94. The molecule has 0 bridgehead atoms. The first-order valence-electron chi connectivity index (χ1n) is 8.41. The van der Waals surface area contributed by atoms with E-state index in [0.29, 0.717) is 6.04 Å². The fraction of sp³-hybridized carbons (Fsp3) is 0.294. The minimum Gasteiger partial charge on any atom is -0.352 e. The summed E-state index contributed by atoms with van der Waals surface area (Å²) in [7, 11) is 2.09. The van der Waals surface area contributed by atoms with E-state index in [1.54, 1.807) is 21.3 Å². The normalized spacial score (nSPS) is 15.3. The molecule has 0 radical (unpaired) electrons. The van der Waals surface area contributed by atoms with Gasteiger partial charge in [0, 0.05) is 38.1 Å². The zero-order valence-electron chi connectivity index (χ0n) is 14.2. The van der Waals surface area contributed by atoms with Crippen molar-refractivity contribution in [2.45, 2.75) is 12.6 Å². The molecule has 0 amide bonds. The minimum atomic E-state index is -0.262. The molecule has 8 nitrogen and oxygen atoms in total. The molecule has 5 heterocycles. The highest BCUT2D eigenvalue weighted by atomic mass is 19.1. The molecule has 0 saturated carbocycles. The molecule has 0 spiro atoms. The SMILES string of the molecule is CN(Cc1cn2cc(F)ccc2n1)C1CN(c2ccc3nncn3n2)C1. The van der Waals surface area contributed by atoms with Crippen LogP contribution in [0.4, 0.5) is 10.2 Å². The Hall–Kier alpha value is -3.07. The fourth-order valence-corrected chi connectivity index (χ4v) is 3.29. The van der Waals surface area contributed by atoms with Crippen molar-refractivity contribution in [3.8, 4) is 0 Å². The summed E-state index contributed by atoms with van der Waals surface area (Å²) in [6, 6.07) is 7.43. The molecule has 1 aliphatic rings. The summed E-state index contributed by atoms with van der Waals surface area (Å²) in [5, 5.41) is 12.3. The average Bonchev–Trinajstić information content (AvgIpc) is 3.18. The van der Waals surface area contributed by atoms with E-state index in [2.05, 4.69) is 37.1 Å². The summed E-state index contributed by atoms with van der Waals surface area (Å²) in [4.78, 5) is 9.04. The Morgan fingerprint density at radius 3 is 2.88 bits per heavy atom. The van der Waals surface area contributed by atoms with Gasteiger partial charge in [-0.05, 0) is 31.3 Å². The van der Waals surface area contributed by atoms with E-state index in [-0.39, 0.29) is 5.82 Å². The molecule has 26 heavy (non-hydrogen) atoms. The van der Waals surface area contributed by atoms with Gasteiger partial charge in [-0.25, -0.2) is 9.37 Å². The number of anilines is 1. The van der Waals surface area contributed by atoms with Gasteiger partial charge in [0.05, 0.1) is 5.69 Å². The first kappa shape index (κ1) is 15.2. The second-order valence-corrected chi connectivity index (χ2v) is 6.64. The molecule has 4 aromatic rings. The molecule has 1 aliphatic heterocycles. The Balaban J connectivity index is 1.24. The lowest BCUT2D eigenvalue weighted by atomic mass is 10.1. The summed E-state index contributed by atoms with van der Waals surface area (Å²) in [5.74, 6) is 0.659. The third kappa shape index (κ3) is 2.57. The van der Waals surface area contributed by atoms with E-state index in [0.717, 1.165) is 42.4 Å². The van der Waals surface area contributed by atoms with Crippen molar-refractivity contribution in [3.05, 3.63) is 54.5 Å². The molecule has 0 atom stereocenters. The zero-order valence-corrected chi connectivity index (χ0v) is 14.2. The molecular weight excluding hydrogens is 335 g/mol. The van der Waals surface area contributed by atoms with E-state index in [1.165, 1.54) is 12.3 Å². The van der Waals surface area contributed by atoms with Gasteiger partial charge in [-0.1, -0.05) is 0 Å². The molecule has 0 unspecified atom stereocenters. The van der Waals surface area contributed by atoms with Gasteiger partial charge >= 0.3 is 0 Å². The molecule has 0 N–H and O–H groups in total. The van der Waals surface area contributed by atoms with Crippen molar-refractivity contribution in [2.75, 3.05) is 25.0 Å². The number of pyridine rings is 1. The zero-order chi connectivity index (χ0) is 17.7. The monoisotopic (exact) mass is 352 g/mol. The largest absolute Gasteiger partial charge is 0.352 e. The van der Waals surface area contributed by atoms with Crippen LogP contribution in [0.5, 0.6) is 0 Å². The second kappa shape index (κ2) is 5.73. The summed E-state index contributed by atoms with van der Waals surface area (Å²) >= 11 is 0. The Labute approximate surface area is 148 Å². The summed E-state index contributed by atoms with van der Waals surface area (Å²) in [5.41, 5.74) is 2.43. The fourth-order valence-electron chi connectivity index (χ4n) is 3.29. The predicted molar refractivity (Wildman–Crippen MR) is 93.4 cm³/mol. The number of halogens is 1. The third-order valence-electron chi connectivity index (χ3n) is 4.83. The van der Waals surface area contributed by atoms with Gasteiger partial charge in [0.15, 0.2) is 5.65 Å². The highest BCUT2D eigenvalue weighted by Crippen LogP contribution is 2.22. The molecule has 0 aromatic carbocycles. The van der Waals surface area contributed by atoms with Crippen LogP contribution < -0.4 is 4.90 Å². The van der Waals surface area contributed by atoms with Crippen LogP contribution in [0.1, 0.15) is 5.69 Å². The van der Waals surface area contributed by atoms with Gasteiger partial charge < -0.3 is 9.30 Å². The Morgan fingerprint density at radius 2 is 2.00 bits per heavy atom. The smallest absolute Gasteiger partial charge is 0.177 e. The minimum absolute atomic E-state index is 0.262. The average molecular weight is 352 g/mol. The van der Waals surface area contributed by atoms with Gasteiger partial charge in [0.1, 0.15) is 23.6 Å². The number of rotatable bonds is 4. The van der Waals surface area contributed by atoms with E-state index in [1.807, 2.05) is 18.3 Å². The summed E-state index contributed by atoms with van der Waals surface area (Å²) in [6.45, 7) is 2.53. The van der Waals surface area contributed by atoms with Crippen LogP contribution in [-0.2, 0) is 6.54 Å². The predicted octanol–water partition coefficient (Wildman–Crippen LogP) is 1.23. The first-order valence-corrected chi connectivity index (χ1v) is 8.41. The number of imidazole rings is 1. The molecule has 1 saturated heterocycles. The van der Waals surface area contributed by atoms with Crippen molar-refractivity contribution in [1.82, 2.24) is 34.1 Å². The molecule has 4 aromatic heterocycles. The van der Waals surface area contributed by atoms with E-state index in [4.69, 9.17) is 0 Å². The van der Waals surface area contributed by atoms with Crippen molar-refractivity contribution >= 4 is 17.1 Å².